The zero-order valence-corrected chi connectivity index (χ0v) is 19.8. The van der Waals surface area contributed by atoms with E-state index in [-0.39, 0.29) is 5.91 Å². The molecule has 0 atom stereocenters. The first-order valence-corrected chi connectivity index (χ1v) is 10.9. The summed E-state index contributed by atoms with van der Waals surface area (Å²) in [6.45, 7) is 1.83. The fourth-order valence-electron chi connectivity index (χ4n) is 3.65. The van der Waals surface area contributed by atoms with E-state index in [4.69, 9.17) is 21.1 Å². The molecular formula is C24H20ClN7O3. The molecule has 0 fully saturated rings. The van der Waals surface area contributed by atoms with Gasteiger partial charge in [-0.2, -0.15) is 14.9 Å². The number of halogens is 1. The van der Waals surface area contributed by atoms with Crippen LogP contribution in [0.5, 0.6) is 11.5 Å². The molecule has 0 spiro atoms. The van der Waals surface area contributed by atoms with Crippen molar-refractivity contribution < 1.29 is 14.3 Å². The monoisotopic (exact) mass is 489 g/mol. The number of carbonyl (C=O) groups excluding carboxylic acids is 1. The molecule has 0 radical (unpaired) electrons. The summed E-state index contributed by atoms with van der Waals surface area (Å²) >= 11 is 6.02. The highest BCUT2D eigenvalue weighted by Gasteiger charge is 2.19. The van der Waals surface area contributed by atoms with E-state index in [1.807, 2.05) is 19.1 Å². The van der Waals surface area contributed by atoms with Crippen LogP contribution in [0, 0.1) is 6.92 Å². The van der Waals surface area contributed by atoms with Crippen LogP contribution in [0.25, 0.3) is 22.5 Å². The van der Waals surface area contributed by atoms with E-state index in [2.05, 4.69) is 25.5 Å². The van der Waals surface area contributed by atoms with E-state index in [0.717, 1.165) is 5.69 Å². The Hall–Kier alpha value is -4.44. The van der Waals surface area contributed by atoms with Crippen molar-refractivity contribution in [3.05, 3.63) is 77.3 Å². The van der Waals surface area contributed by atoms with Crippen molar-refractivity contribution in [3.63, 3.8) is 0 Å². The number of nitrogens with one attached hydrogen (secondary N) is 1. The number of hydrogen-bond donors (Lipinski definition) is 1. The molecular weight excluding hydrogens is 470 g/mol. The quantitative estimate of drug-likeness (QED) is 0.380. The van der Waals surface area contributed by atoms with Crippen molar-refractivity contribution in [1.82, 2.24) is 29.5 Å². The summed E-state index contributed by atoms with van der Waals surface area (Å²) in [4.78, 5) is 21.9. The SMILES string of the molecule is COc1cc(OC)cc(C(=O)Nc2cc(C)nn2-c2ncnc3c2cnn3-c2ccc(Cl)cc2)c1. The lowest BCUT2D eigenvalue weighted by atomic mass is 10.2. The Kier molecular flexibility index (Phi) is 5.79. The van der Waals surface area contributed by atoms with Crippen molar-refractivity contribution in [2.45, 2.75) is 6.92 Å². The van der Waals surface area contributed by atoms with E-state index in [1.54, 1.807) is 52.0 Å². The number of ether oxygens (including phenoxy) is 2. The molecule has 176 valence electrons. The number of aryl methyl sites for hydroxylation is 1. The summed E-state index contributed by atoms with van der Waals surface area (Å²) in [6, 6.07) is 14.0. The minimum atomic E-state index is -0.356. The largest absolute Gasteiger partial charge is 0.497 e. The minimum absolute atomic E-state index is 0.356. The maximum absolute atomic E-state index is 13.1. The van der Waals surface area contributed by atoms with Crippen LogP contribution in [0.1, 0.15) is 16.1 Å². The van der Waals surface area contributed by atoms with Gasteiger partial charge in [-0.3, -0.25) is 4.79 Å². The number of nitrogens with zero attached hydrogens (tertiary/aromatic N) is 6. The number of rotatable bonds is 6. The first kappa shape index (κ1) is 22.4. The van der Waals surface area contributed by atoms with Gasteiger partial charge >= 0.3 is 0 Å². The summed E-state index contributed by atoms with van der Waals surface area (Å²) in [7, 11) is 3.05. The van der Waals surface area contributed by atoms with Crippen LogP contribution < -0.4 is 14.8 Å². The predicted octanol–water partition coefficient (Wildman–Crippen LogP) is 4.23. The molecule has 10 nitrogen and oxygen atoms in total. The average Bonchev–Trinajstić information content (AvgIpc) is 3.47. The van der Waals surface area contributed by atoms with Crippen molar-refractivity contribution in [1.29, 1.82) is 0 Å². The van der Waals surface area contributed by atoms with E-state index < -0.39 is 0 Å². The Morgan fingerprint density at radius 2 is 1.69 bits per heavy atom. The van der Waals surface area contributed by atoms with Gasteiger partial charge < -0.3 is 14.8 Å². The molecule has 1 N–H and O–H groups in total. The fourth-order valence-corrected chi connectivity index (χ4v) is 3.77. The van der Waals surface area contributed by atoms with Gasteiger partial charge in [-0.15, -0.1) is 0 Å². The van der Waals surface area contributed by atoms with Crippen LogP contribution in [-0.2, 0) is 0 Å². The molecule has 0 saturated carbocycles. The molecule has 0 saturated heterocycles. The van der Waals surface area contributed by atoms with Gasteiger partial charge in [-0.1, -0.05) is 11.6 Å². The molecule has 0 bridgehead atoms. The van der Waals surface area contributed by atoms with E-state index in [0.29, 0.717) is 50.4 Å². The molecule has 0 aliphatic heterocycles. The first-order valence-electron chi connectivity index (χ1n) is 10.5. The van der Waals surface area contributed by atoms with Gasteiger partial charge in [0.2, 0.25) is 0 Å². The molecule has 3 heterocycles. The molecule has 5 rings (SSSR count). The smallest absolute Gasteiger partial charge is 0.257 e. The minimum Gasteiger partial charge on any atom is -0.497 e. The van der Waals surface area contributed by atoms with Crippen molar-refractivity contribution in [3.8, 4) is 23.0 Å². The van der Waals surface area contributed by atoms with Gasteiger partial charge in [0.05, 0.1) is 37.2 Å². The molecule has 0 aliphatic carbocycles. The molecule has 0 unspecified atom stereocenters. The summed E-state index contributed by atoms with van der Waals surface area (Å²) in [5.74, 6) is 1.57. The van der Waals surface area contributed by atoms with E-state index in [9.17, 15) is 4.79 Å². The Bertz CT molecular complexity index is 1520. The zero-order chi connectivity index (χ0) is 24.5. The van der Waals surface area contributed by atoms with Gasteiger partial charge in [0, 0.05) is 22.7 Å². The van der Waals surface area contributed by atoms with Gasteiger partial charge in [-0.25, -0.2) is 14.6 Å². The number of carbonyl (C=O) groups is 1. The van der Waals surface area contributed by atoms with Crippen LogP contribution in [0.2, 0.25) is 5.02 Å². The van der Waals surface area contributed by atoms with Crippen LogP contribution in [-0.4, -0.2) is 49.7 Å². The van der Waals surface area contributed by atoms with Gasteiger partial charge in [0.1, 0.15) is 23.6 Å². The Morgan fingerprint density at radius 3 is 2.37 bits per heavy atom. The predicted molar refractivity (Wildman–Crippen MR) is 131 cm³/mol. The van der Waals surface area contributed by atoms with Crippen molar-refractivity contribution >= 4 is 34.4 Å². The third kappa shape index (κ3) is 4.26. The van der Waals surface area contributed by atoms with Crippen molar-refractivity contribution in [2.24, 2.45) is 0 Å². The lowest BCUT2D eigenvalue weighted by Gasteiger charge is -2.11. The number of methoxy groups -OCH3 is 2. The number of amides is 1. The number of anilines is 1. The van der Waals surface area contributed by atoms with Gasteiger partial charge in [0.15, 0.2) is 11.5 Å². The van der Waals surface area contributed by atoms with Crippen LogP contribution in [0.4, 0.5) is 5.82 Å². The third-order valence-electron chi connectivity index (χ3n) is 5.30. The van der Waals surface area contributed by atoms with Gasteiger partial charge in [-0.05, 0) is 43.3 Å². The molecule has 3 aromatic heterocycles. The molecule has 5 aromatic rings. The fraction of sp³-hybridized carbons (Fsp3) is 0.125. The normalized spacial score (nSPS) is 11.0. The van der Waals surface area contributed by atoms with Gasteiger partial charge in [0.25, 0.3) is 5.91 Å². The molecule has 2 aromatic carbocycles. The molecule has 35 heavy (non-hydrogen) atoms. The standard InChI is InChI=1S/C24H20ClN7O3/c1-14-8-21(29-24(33)15-9-18(34-2)11-19(10-15)35-3)32(30-14)23-20-12-28-31(22(20)26-13-27-23)17-6-4-16(25)5-7-17/h4-13H,1-3H3,(H,29,33). The maximum atomic E-state index is 13.1. The Balaban J connectivity index is 1.54. The van der Waals surface area contributed by atoms with E-state index in [1.165, 1.54) is 20.5 Å². The number of hydrogen-bond acceptors (Lipinski definition) is 7. The highest BCUT2D eigenvalue weighted by molar-refractivity contribution is 6.30. The lowest BCUT2D eigenvalue weighted by molar-refractivity contribution is 0.102. The summed E-state index contributed by atoms with van der Waals surface area (Å²) in [6.07, 6.45) is 3.09. The average molecular weight is 490 g/mol. The second kappa shape index (κ2) is 9.07. The second-order valence-electron chi connectivity index (χ2n) is 7.61. The van der Waals surface area contributed by atoms with Crippen LogP contribution >= 0.6 is 11.6 Å². The molecule has 11 heteroatoms. The number of aromatic nitrogens is 6. The lowest BCUT2D eigenvalue weighted by Crippen LogP contribution is -2.16. The summed E-state index contributed by atoms with van der Waals surface area (Å²) in [5.41, 5.74) is 2.45. The summed E-state index contributed by atoms with van der Waals surface area (Å²) < 4.78 is 13.8. The number of benzene rings is 2. The van der Waals surface area contributed by atoms with E-state index >= 15 is 0 Å². The van der Waals surface area contributed by atoms with Crippen molar-refractivity contribution in [2.75, 3.05) is 19.5 Å². The Labute approximate surface area is 205 Å². The van der Waals surface area contributed by atoms with Crippen LogP contribution in [0.3, 0.4) is 0 Å². The molecule has 0 aliphatic rings. The zero-order valence-electron chi connectivity index (χ0n) is 19.1. The topological polar surface area (TPSA) is 109 Å². The maximum Gasteiger partial charge on any atom is 0.257 e. The Morgan fingerprint density at radius 1 is 0.971 bits per heavy atom. The third-order valence-corrected chi connectivity index (χ3v) is 5.56. The first-order chi connectivity index (χ1) is 17.0. The highest BCUT2D eigenvalue weighted by atomic mass is 35.5. The molecule has 1 amide bonds. The second-order valence-corrected chi connectivity index (χ2v) is 8.04. The number of fused-ring (bicyclic) bond motifs is 1. The summed E-state index contributed by atoms with van der Waals surface area (Å²) in [5, 5.41) is 13.2. The van der Waals surface area contributed by atoms with Crippen LogP contribution in [0.15, 0.2) is 61.1 Å². The highest BCUT2D eigenvalue weighted by Crippen LogP contribution is 2.26.